The van der Waals surface area contributed by atoms with Gasteiger partial charge in [-0.25, -0.2) is 13.8 Å². The van der Waals surface area contributed by atoms with Gasteiger partial charge in [-0.1, -0.05) is 29.8 Å². The Hall–Kier alpha value is -3.65. The molecule has 3 aromatic carbocycles. The molecular formula is C23H23N3O4S. The highest BCUT2D eigenvalue weighted by atomic mass is 32.2. The second-order valence-electron chi connectivity index (χ2n) is 6.77. The molecule has 0 bridgehead atoms. The third-order valence-electron chi connectivity index (χ3n) is 4.68. The molecule has 0 aliphatic rings. The molecule has 0 spiro atoms. The van der Waals surface area contributed by atoms with E-state index in [0.717, 1.165) is 11.1 Å². The summed E-state index contributed by atoms with van der Waals surface area (Å²) in [7, 11) is -0.664. The summed E-state index contributed by atoms with van der Waals surface area (Å²) in [4.78, 5) is 12.5. The van der Waals surface area contributed by atoms with Crippen LogP contribution in [-0.2, 0) is 10.0 Å². The smallest absolute Gasteiger partial charge is 0.271 e. The van der Waals surface area contributed by atoms with Crippen molar-refractivity contribution in [2.24, 2.45) is 5.10 Å². The first kappa shape index (κ1) is 22.0. The van der Waals surface area contributed by atoms with Crippen LogP contribution in [0.25, 0.3) is 0 Å². The molecule has 0 atom stereocenters. The molecule has 1 N–H and O–H groups in total. The molecule has 0 heterocycles. The van der Waals surface area contributed by atoms with Gasteiger partial charge in [0.2, 0.25) is 0 Å². The Labute approximate surface area is 182 Å². The Morgan fingerprint density at radius 3 is 2.29 bits per heavy atom. The minimum absolute atomic E-state index is 0.202. The number of carbonyl (C=O) groups is 1. The highest BCUT2D eigenvalue weighted by Gasteiger charge is 2.21. The van der Waals surface area contributed by atoms with E-state index in [2.05, 4.69) is 10.5 Å². The molecule has 0 aliphatic heterocycles. The number of sulfonamides is 1. The minimum Gasteiger partial charge on any atom is -0.496 e. The van der Waals surface area contributed by atoms with E-state index in [0.29, 0.717) is 17.0 Å². The van der Waals surface area contributed by atoms with Gasteiger partial charge in [-0.3, -0.25) is 9.10 Å². The van der Waals surface area contributed by atoms with Gasteiger partial charge in [0, 0.05) is 18.2 Å². The fourth-order valence-electron chi connectivity index (χ4n) is 2.83. The average molecular weight is 438 g/mol. The maximum atomic E-state index is 12.8. The van der Waals surface area contributed by atoms with Crippen LogP contribution >= 0.6 is 0 Å². The van der Waals surface area contributed by atoms with Crippen LogP contribution in [0.15, 0.2) is 82.8 Å². The summed E-state index contributed by atoms with van der Waals surface area (Å²) in [6.07, 6.45) is 1.49. The number of hydrazone groups is 1. The number of para-hydroxylation sites is 1. The van der Waals surface area contributed by atoms with Crippen LogP contribution in [0, 0.1) is 6.92 Å². The number of benzene rings is 3. The molecule has 0 fully saturated rings. The molecule has 0 aromatic heterocycles. The van der Waals surface area contributed by atoms with Crippen molar-refractivity contribution in [2.45, 2.75) is 11.8 Å². The number of hydrogen-bond acceptors (Lipinski definition) is 5. The lowest BCUT2D eigenvalue weighted by Gasteiger charge is -2.19. The van der Waals surface area contributed by atoms with E-state index in [1.165, 1.54) is 17.6 Å². The number of nitrogens with one attached hydrogen (secondary N) is 1. The zero-order valence-corrected chi connectivity index (χ0v) is 18.3. The second-order valence-corrected chi connectivity index (χ2v) is 8.74. The fourth-order valence-corrected chi connectivity index (χ4v) is 4.02. The number of carbonyl (C=O) groups excluding carboxylic acids is 1. The Bertz CT molecular complexity index is 1190. The molecular weight excluding hydrogens is 414 g/mol. The third kappa shape index (κ3) is 5.10. The summed E-state index contributed by atoms with van der Waals surface area (Å²) < 4.78 is 32.0. The van der Waals surface area contributed by atoms with E-state index >= 15 is 0 Å². The van der Waals surface area contributed by atoms with Crippen LogP contribution in [0.4, 0.5) is 5.69 Å². The molecule has 0 saturated heterocycles. The van der Waals surface area contributed by atoms with Crippen molar-refractivity contribution in [3.05, 3.63) is 89.5 Å². The predicted octanol–water partition coefficient (Wildman–Crippen LogP) is 3.59. The lowest BCUT2D eigenvalue weighted by atomic mass is 10.2. The number of aryl methyl sites for hydroxylation is 1. The molecule has 7 nitrogen and oxygen atoms in total. The number of rotatable bonds is 7. The van der Waals surface area contributed by atoms with Gasteiger partial charge in [0.15, 0.2) is 0 Å². The van der Waals surface area contributed by atoms with Gasteiger partial charge in [-0.2, -0.15) is 5.10 Å². The Balaban J connectivity index is 1.69. The summed E-state index contributed by atoms with van der Waals surface area (Å²) in [5.41, 5.74) is 4.94. The van der Waals surface area contributed by atoms with Crippen molar-refractivity contribution in [1.29, 1.82) is 0 Å². The zero-order valence-electron chi connectivity index (χ0n) is 17.4. The Morgan fingerprint density at radius 2 is 1.65 bits per heavy atom. The van der Waals surface area contributed by atoms with Gasteiger partial charge >= 0.3 is 0 Å². The first-order valence-corrected chi connectivity index (χ1v) is 10.9. The quantitative estimate of drug-likeness (QED) is 0.452. The van der Waals surface area contributed by atoms with Gasteiger partial charge in [0.25, 0.3) is 15.9 Å². The molecule has 0 aliphatic carbocycles. The molecule has 3 rings (SSSR count). The second kappa shape index (κ2) is 9.44. The first-order chi connectivity index (χ1) is 14.8. The zero-order chi connectivity index (χ0) is 22.4. The molecule has 0 unspecified atom stereocenters. The van der Waals surface area contributed by atoms with Crippen molar-refractivity contribution < 1.29 is 17.9 Å². The first-order valence-electron chi connectivity index (χ1n) is 9.45. The highest BCUT2D eigenvalue weighted by Crippen LogP contribution is 2.22. The van der Waals surface area contributed by atoms with Crippen LogP contribution in [0.1, 0.15) is 21.5 Å². The average Bonchev–Trinajstić information content (AvgIpc) is 2.79. The largest absolute Gasteiger partial charge is 0.496 e. The molecule has 1 amide bonds. The summed E-state index contributed by atoms with van der Waals surface area (Å²) >= 11 is 0. The van der Waals surface area contributed by atoms with E-state index in [1.54, 1.807) is 61.7 Å². The van der Waals surface area contributed by atoms with Gasteiger partial charge in [0.1, 0.15) is 5.75 Å². The summed E-state index contributed by atoms with van der Waals surface area (Å²) in [6.45, 7) is 1.89. The minimum atomic E-state index is -3.70. The van der Waals surface area contributed by atoms with E-state index in [1.807, 2.05) is 25.1 Å². The monoisotopic (exact) mass is 437 g/mol. The maximum Gasteiger partial charge on any atom is 0.271 e. The summed E-state index contributed by atoms with van der Waals surface area (Å²) in [5, 5.41) is 3.96. The Kier molecular flexibility index (Phi) is 6.71. The van der Waals surface area contributed by atoms with E-state index in [-0.39, 0.29) is 4.90 Å². The van der Waals surface area contributed by atoms with Crippen molar-refractivity contribution in [3.63, 3.8) is 0 Å². The summed E-state index contributed by atoms with van der Waals surface area (Å²) in [5.74, 6) is 0.226. The topological polar surface area (TPSA) is 88.1 Å². The molecule has 31 heavy (non-hydrogen) atoms. The molecule has 160 valence electrons. The van der Waals surface area contributed by atoms with Crippen LogP contribution in [0.5, 0.6) is 5.75 Å². The van der Waals surface area contributed by atoms with Crippen LogP contribution in [-0.4, -0.2) is 34.7 Å². The van der Waals surface area contributed by atoms with Crippen molar-refractivity contribution in [3.8, 4) is 5.75 Å². The SMILES string of the molecule is COc1ccccc1/C=N\NC(=O)c1ccc(N(C)S(=O)(=O)c2ccc(C)cc2)cc1. The van der Waals surface area contributed by atoms with Crippen molar-refractivity contribution in [1.82, 2.24) is 5.43 Å². The van der Waals surface area contributed by atoms with Gasteiger partial charge in [-0.05, 0) is 55.5 Å². The lowest BCUT2D eigenvalue weighted by molar-refractivity contribution is 0.0955. The standard InChI is InChI=1S/C23H23N3O4S/c1-17-8-14-21(15-9-17)31(28,29)26(2)20-12-10-18(11-13-20)23(27)25-24-16-19-6-4-5-7-22(19)30-3/h4-16H,1-3H3,(H,25,27)/b24-16-. The van der Waals surface area contributed by atoms with Gasteiger partial charge in [0.05, 0.1) is 23.9 Å². The number of nitrogens with zero attached hydrogens (tertiary/aromatic N) is 2. The van der Waals surface area contributed by atoms with Crippen LogP contribution < -0.4 is 14.5 Å². The molecule has 0 saturated carbocycles. The number of amides is 1. The van der Waals surface area contributed by atoms with E-state index in [4.69, 9.17) is 4.74 Å². The number of methoxy groups -OCH3 is 1. The number of hydrogen-bond donors (Lipinski definition) is 1. The normalized spacial score (nSPS) is 11.3. The van der Waals surface area contributed by atoms with Crippen molar-refractivity contribution >= 4 is 27.8 Å². The number of ether oxygens (including phenoxy) is 1. The van der Waals surface area contributed by atoms with E-state index < -0.39 is 15.9 Å². The van der Waals surface area contributed by atoms with Gasteiger partial charge in [-0.15, -0.1) is 0 Å². The maximum absolute atomic E-state index is 12.8. The lowest BCUT2D eigenvalue weighted by Crippen LogP contribution is -2.26. The Morgan fingerprint density at radius 1 is 1.00 bits per heavy atom. The molecule has 3 aromatic rings. The van der Waals surface area contributed by atoms with Gasteiger partial charge < -0.3 is 4.74 Å². The molecule has 8 heteroatoms. The van der Waals surface area contributed by atoms with Crippen LogP contribution in [0.3, 0.4) is 0 Å². The predicted molar refractivity (Wildman–Crippen MR) is 121 cm³/mol. The summed E-state index contributed by atoms with van der Waals surface area (Å²) in [6, 6.07) is 20.2. The molecule has 0 radical (unpaired) electrons. The van der Waals surface area contributed by atoms with Crippen molar-refractivity contribution in [2.75, 3.05) is 18.5 Å². The highest BCUT2D eigenvalue weighted by molar-refractivity contribution is 7.92. The fraction of sp³-hybridized carbons (Fsp3) is 0.130. The van der Waals surface area contributed by atoms with Crippen LogP contribution in [0.2, 0.25) is 0 Å². The van der Waals surface area contributed by atoms with E-state index in [9.17, 15) is 13.2 Å². The third-order valence-corrected chi connectivity index (χ3v) is 6.48. The number of anilines is 1.